The fourth-order valence-electron chi connectivity index (χ4n) is 3.42. The van der Waals surface area contributed by atoms with Crippen LogP contribution in [-0.4, -0.2) is 66.0 Å². The zero-order valence-corrected chi connectivity index (χ0v) is 14.4. The maximum atomic E-state index is 12.8. The van der Waals surface area contributed by atoms with Crippen LogP contribution in [0.1, 0.15) is 45.4 Å². The molecule has 0 aromatic heterocycles. The van der Waals surface area contributed by atoms with E-state index in [2.05, 4.69) is 0 Å². The predicted octanol–water partition coefficient (Wildman–Crippen LogP) is 0.904. The molecule has 0 bridgehead atoms. The number of hydrogen-bond donors (Lipinski definition) is 1. The van der Waals surface area contributed by atoms with Gasteiger partial charge in [-0.1, -0.05) is 13.3 Å². The number of rotatable bonds is 5. The number of nitrogens with zero attached hydrogens (tertiary/aromatic N) is 2. The highest BCUT2D eigenvalue weighted by molar-refractivity contribution is 7.89. The highest BCUT2D eigenvalue weighted by Gasteiger charge is 2.39. The number of amides is 1. The third-order valence-corrected chi connectivity index (χ3v) is 6.79. The molecule has 0 aromatic carbocycles. The molecule has 2 aliphatic rings. The lowest BCUT2D eigenvalue weighted by molar-refractivity contribution is -0.146. The lowest BCUT2D eigenvalue weighted by Gasteiger charge is -2.38. The molecule has 0 saturated carbocycles. The van der Waals surface area contributed by atoms with Crippen LogP contribution in [-0.2, 0) is 19.6 Å². The molecule has 1 atom stereocenters. The molecule has 1 unspecified atom stereocenters. The zero-order chi connectivity index (χ0) is 17.0. The maximum absolute atomic E-state index is 12.8. The minimum Gasteiger partial charge on any atom is -0.481 e. The monoisotopic (exact) mass is 346 g/mol. The summed E-state index contributed by atoms with van der Waals surface area (Å²) in [7, 11) is -3.40. The van der Waals surface area contributed by atoms with Gasteiger partial charge in [0.25, 0.3) is 0 Å². The van der Waals surface area contributed by atoms with Gasteiger partial charge in [0, 0.05) is 19.6 Å². The average Bonchev–Trinajstić information content (AvgIpc) is 2.54. The third kappa shape index (κ3) is 4.23. The van der Waals surface area contributed by atoms with Crippen LogP contribution in [0.4, 0.5) is 0 Å². The molecule has 2 fully saturated rings. The van der Waals surface area contributed by atoms with Gasteiger partial charge in [-0.25, -0.2) is 8.42 Å². The van der Waals surface area contributed by atoms with Crippen LogP contribution in [0.5, 0.6) is 0 Å². The van der Waals surface area contributed by atoms with Gasteiger partial charge >= 0.3 is 5.97 Å². The Hall–Kier alpha value is -1.15. The molecule has 2 heterocycles. The average molecular weight is 346 g/mol. The van der Waals surface area contributed by atoms with E-state index in [9.17, 15) is 18.0 Å². The number of hydrogen-bond acceptors (Lipinski definition) is 4. The lowest BCUT2D eigenvalue weighted by atomic mass is 9.95. The number of sulfonamides is 1. The molecule has 0 radical (unpaired) electrons. The molecule has 8 heteroatoms. The molecule has 2 saturated heterocycles. The van der Waals surface area contributed by atoms with E-state index in [0.29, 0.717) is 45.3 Å². The van der Waals surface area contributed by atoms with Gasteiger partial charge in [-0.15, -0.1) is 0 Å². The van der Waals surface area contributed by atoms with Gasteiger partial charge in [-0.2, -0.15) is 4.31 Å². The Balaban J connectivity index is 2.06. The van der Waals surface area contributed by atoms with Crippen LogP contribution in [0.15, 0.2) is 0 Å². The van der Waals surface area contributed by atoms with Crippen LogP contribution >= 0.6 is 0 Å². The number of carboxylic acids is 1. The largest absolute Gasteiger partial charge is 0.481 e. The predicted molar refractivity (Wildman–Crippen MR) is 85.4 cm³/mol. The molecule has 1 amide bonds. The van der Waals surface area contributed by atoms with E-state index in [1.54, 1.807) is 4.90 Å². The Morgan fingerprint density at radius 3 is 2.30 bits per heavy atom. The van der Waals surface area contributed by atoms with E-state index in [4.69, 9.17) is 5.11 Å². The standard InChI is InChI=1S/C15H26N2O5S/c1-2-11-23(21,22)17-8-4-3-5-13(17)14(18)16-9-6-12(7-10-16)15(19)20/h12-13H,2-11H2,1H3,(H,19,20). The normalized spacial score (nSPS) is 24.6. The van der Waals surface area contributed by atoms with E-state index >= 15 is 0 Å². The van der Waals surface area contributed by atoms with Crippen molar-refractivity contribution in [2.24, 2.45) is 5.92 Å². The SMILES string of the molecule is CCCS(=O)(=O)N1CCCCC1C(=O)N1CCC(C(=O)O)CC1. The van der Waals surface area contributed by atoms with Crippen LogP contribution < -0.4 is 0 Å². The van der Waals surface area contributed by atoms with Gasteiger partial charge in [0.2, 0.25) is 15.9 Å². The number of carboxylic acid groups (broad SMARTS) is 1. The Kier molecular flexibility index (Phi) is 6.02. The number of carbonyl (C=O) groups excluding carboxylic acids is 1. The molecule has 1 N–H and O–H groups in total. The fraction of sp³-hybridized carbons (Fsp3) is 0.867. The van der Waals surface area contributed by atoms with Crippen molar-refractivity contribution >= 4 is 21.9 Å². The van der Waals surface area contributed by atoms with Gasteiger partial charge in [-0.05, 0) is 32.1 Å². The Morgan fingerprint density at radius 1 is 1.09 bits per heavy atom. The fourth-order valence-corrected chi connectivity index (χ4v) is 5.16. The zero-order valence-electron chi connectivity index (χ0n) is 13.6. The van der Waals surface area contributed by atoms with Crippen molar-refractivity contribution in [1.82, 2.24) is 9.21 Å². The van der Waals surface area contributed by atoms with Gasteiger partial charge < -0.3 is 10.0 Å². The minimum absolute atomic E-state index is 0.0673. The maximum Gasteiger partial charge on any atom is 0.306 e. The molecule has 0 aliphatic carbocycles. The summed E-state index contributed by atoms with van der Waals surface area (Å²) in [5.74, 6) is -1.31. The van der Waals surface area contributed by atoms with Crippen molar-refractivity contribution in [3.63, 3.8) is 0 Å². The Labute approximate surface area is 137 Å². The lowest BCUT2D eigenvalue weighted by Crippen LogP contribution is -2.54. The summed E-state index contributed by atoms with van der Waals surface area (Å²) < 4.78 is 26.2. The van der Waals surface area contributed by atoms with Crippen molar-refractivity contribution in [3.05, 3.63) is 0 Å². The van der Waals surface area contributed by atoms with Crippen molar-refractivity contribution in [2.75, 3.05) is 25.4 Å². The number of aliphatic carboxylic acids is 1. The molecular weight excluding hydrogens is 320 g/mol. The molecular formula is C15H26N2O5S. The van der Waals surface area contributed by atoms with Crippen LogP contribution in [0.3, 0.4) is 0 Å². The van der Waals surface area contributed by atoms with Crippen molar-refractivity contribution in [3.8, 4) is 0 Å². The van der Waals surface area contributed by atoms with E-state index in [1.807, 2.05) is 6.92 Å². The highest BCUT2D eigenvalue weighted by Crippen LogP contribution is 2.25. The second-order valence-corrected chi connectivity index (χ2v) is 8.42. The van der Waals surface area contributed by atoms with Crippen LogP contribution in [0.25, 0.3) is 0 Å². The summed E-state index contributed by atoms with van der Waals surface area (Å²) in [5.41, 5.74) is 0. The smallest absolute Gasteiger partial charge is 0.306 e. The van der Waals surface area contributed by atoms with Crippen molar-refractivity contribution < 1.29 is 23.1 Å². The summed E-state index contributed by atoms with van der Waals surface area (Å²) in [6.45, 7) is 3.02. The molecule has 0 spiro atoms. The van der Waals surface area contributed by atoms with Crippen LogP contribution in [0, 0.1) is 5.92 Å². The molecule has 7 nitrogen and oxygen atoms in total. The number of carbonyl (C=O) groups is 2. The molecule has 0 aromatic rings. The minimum atomic E-state index is -3.40. The summed E-state index contributed by atoms with van der Waals surface area (Å²) in [6, 6.07) is -0.610. The highest BCUT2D eigenvalue weighted by atomic mass is 32.2. The first-order chi connectivity index (χ1) is 10.9. The molecule has 2 rings (SSSR count). The summed E-state index contributed by atoms with van der Waals surface area (Å²) in [4.78, 5) is 25.4. The first-order valence-corrected chi connectivity index (χ1v) is 9.99. The quantitative estimate of drug-likeness (QED) is 0.798. The molecule has 2 aliphatic heterocycles. The topological polar surface area (TPSA) is 95.0 Å². The van der Waals surface area contributed by atoms with Crippen molar-refractivity contribution in [2.45, 2.75) is 51.5 Å². The first kappa shape index (κ1) is 18.2. The van der Waals surface area contributed by atoms with Gasteiger partial charge in [0.1, 0.15) is 6.04 Å². The Morgan fingerprint density at radius 2 is 1.74 bits per heavy atom. The van der Waals surface area contributed by atoms with E-state index in [-0.39, 0.29) is 11.7 Å². The molecule has 132 valence electrons. The second-order valence-electron chi connectivity index (χ2n) is 6.38. The van der Waals surface area contributed by atoms with Gasteiger partial charge in [0.05, 0.1) is 11.7 Å². The van der Waals surface area contributed by atoms with E-state index in [1.165, 1.54) is 4.31 Å². The van der Waals surface area contributed by atoms with E-state index < -0.39 is 28.0 Å². The van der Waals surface area contributed by atoms with Gasteiger partial charge in [-0.3, -0.25) is 9.59 Å². The van der Waals surface area contributed by atoms with Crippen LogP contribution in [0.2, 0.25) is 0 Å². The van der Waals surface area contributed by atoms with E-state index in [0.717, 1.165) is 12.8 Å². The molecule has 23 heavy (non-hydrogen) atoms. The summed E-state index contributed by atoms with van der Waals surface area (Å²) in [5, 5.41) is 9.03. The third-order valence-electron chi connectivity index (χ3n) is 4.71. The summed E-state index contributed by atoms with van der Waals surface area (Å²) in [6.07, 6.45) is 3.60. The summed E-state index contributed by atoms with van der Waals surface area (Å²) >= 11 is 0. The first-order valence-electron chi connectivity index (χ1n) is 8.38. The van der Waals surface area contributed by atoms with Gasteiger partial charge in [0.15, 0.2) is 0 Å². The Bertz CT molecular complexity index is 540. The number of likely N-dealkylation sites (tertiary alicyclic amines) is 1. The number of piperidine rings is 2. The second kappa shape index (κ2) is 7.61. The van der Waals surface area contributed by atoms with Crippen molar-refractivity contribution in [1.29, 1.82) is 0 Å².